The van der Waals surface area contributed by atoms with E-state index in [1.54, 1.807) is 44.2 Å². The van der Waals surface area contributed by atoms with Crippen LogP contribution in [0.5, 0.6) is 5.88 Å². The molecule has 2 saturated carbocycles. The van der Waals surface area contributed by atoms with Crippen molar-refractivity contribution in [1.29, 1.82) is 0 Å². The van der Waals surface area contributed by atoms with Crippen LogP contribution in [0.25, 0.3) is 10.8 Å². The number of alkyl halides is 4. The number of nitrogens with zero attached hydrogens (tertiary/aromatic N) is 3. The zero-order chi connectivity index (χ0) is 43.3. The molecule has 59 heavy (non-hydrogen) atoms. The van der Waals surface area contributed by atoms with Gasteiger partial charge in [-0.2, -0.15) is 13.2 Å². The number of fused-ring (bicyclic) bond motifs is 3. The summed E-state index contributed by atoms with van der Waals surface area (Å²) in [5.74, 6) is -5.81. The lowest BCUT2D eigenvalue weighted by Gasteiger charge is -2.33. The van der Waals surface area contributed by atoms with E-state index in [-0.39, 0.29) is 56.1 Å². The smallest absolute Gasteiger partial charge is 0.427 e. The quantitative estimate of drug-likeness (QED) is 0.181. The normalized spacial score (nSPS) is 29.4. The van der Waals surface area contributed by atoms with Crippen LogP contribution in [-0.4, -0.2) is 88.6 Å². The number of rotatable bonds is 10. The van der Waals surface area contributed by atoms with E-state index in [9.17, 15) is 50.0 Å². The highest BCUT2D eigenvalue weighted by atomic mass is 32.2. The first kappa shape index (κ1) is 44.2. The number of carbonyl (C=O) groups is 4. The van der Waals surface area contributed by atoms with Crippen LogP contribution in [-0.2, 0) is 40.5 Å². The third-order valence-electron chi connectivity index (χ3n) is 12.7. The van der Waals surface area contributed by atoms with Gasteiger partial charge in [0.15, 0.2) is 5.78 Å². The van der Waals surface area contributed by atoms with Gasteiger partial charge in [0, 0.05) is 19.4 Å². The summed E-state index contributed by atoms with van der Waals surface area (Å²) in [5, 5.41) is 5.10. The van der Waals surface area contributed by atoms with Crippen LogP contribution < -0.4 is 15.0 Å². The predicted molar refractivity (Wildman–Crippen MR) is 207 cm³/mol. The van der Waals surface area contributed by atoms with Crippen molar-refractivity contribution in [2.24, 2.45) is 29.1 Å². The number of ketones is 1. The average molecular weight is 853 g/mol. The molecule has 18 heteroatoms. The summed E-state index contributed by atoms with van der Waals surface area (Å²) < 4.78 is 94.5. The second-order valence-electron chi connectivity index (χ2n) is 17.4. The molecule has 3 heterocycles. The Bertz CT molecular complexity index is 2190. The minimum atomic E-state index is -4.90. The molecular formula is C41H52F4N4O9S. The van der Waals surface area contributed by atoms with Gasteiger partial charge in [-0.25, -0.2) is 17.5 Å². The maximum atomic E-state index is 14.8. The van der Waals surface area contributed by atoms with Crippen molar-refractivity contribution in [2.45, 2.75) is 128 Å². The molecule has 13 nitrogen and oxygen atoms in total. The van der Waals surface area contributed by atoms with Crippen LogP contribution in [0.15, 0.2) is 41.2 Å². The Balaban J connectivity index is 1.37. The van der Waals surface area contributed by atoms with E-state index in [2.05, 4.69) is 9.82 Å². The Morgan fingerprint density at radius 2 is 1.73 bits per heavy atom. The third kappa shape index (κ3) is 8.78. The van der Waals surface area contributed by atoms with Crippen molar-refractivity contribution in [3.05, 3.63) is 46.8 Å². The summed E-state index contributed by atoms with van der Waals surface area (Å²) in [6.45, 7) is 5.60. The Hall–Kier alpha value is -4.35. The van der Waals surface area contributed by atoms with Gasteiger partial charge >= 0.3 is 12.1 Å². The molecule has 0 unspecified atom stereocenters. The highest BCUT2D eigenvalue weighted by molar-refractivity contribution is 7.91. The van der Waals surface area contributed by atoms with Crippen molar-refractivity contribution < 1.29 is 54.6 Å². The largest absolute Gasteiger partial charge is 0.471 e. The van der Waals surface area contributed by atoms with Gasteiger partial charge in [-0.05, 0) is 89.2 Å². The number of sulfonamides is 1. The number of ether oxygens (including phenoxy) is 2. The van der Waals surface area contributed by atoms with Gasteiger partial charge in [-0.3, -0.25) is 28.7 Å². The minimum Gasteiger partial charge on any atom is -0.471 e. The Morgan fingerprint density at radius 1 is 1.05 bits per heavy atom. The first-order chi connectivity index (χ1) is 27.6. The van der Waals surface area contributed by atoms with E-state index in [1.807, 2.05) is 13.0 Å². The zero-order valence-corrected chi connectivity index (χ0v) is 34.7. The fraction of sp³-hybridized carbons (Fsp3) is 0.659. The molecular weight excluding hydrogens is 801 g/mol. The van der Waals surface area contributed by atoms with Crippen molar-refractivity contribution in [1.82, 2.24) is 19.4 Å². The van der Waals surface area contributed by atoms with Crippen LogP contribution in [0.2, 0.25) is 0 Å². The Labute approximate surface area is 340 Å². The maximum Gasteiger partial charge on any atom is 0.427 e. The summed E-state index contributed by atoms with van der Waals surface area (Å²) in [5.41, 5.74) is -4.73. The van der Waals surface area contributed by atoms with Gasteiger partial charge in [-0.15, -0.1) is 5.10 Å². The number of hydrogen-bond acceptors (Lipinski definition) is 10. The summed E-state index contributed by atoms with van der Waals surface area (Å²) in [7, 11) is -4.43. The molecule has 1 saturated heterocycles. The topological polar surface area (TPSA) is 171 Å². The van der Waals surface area contributed by atoms with Crippen molar-refractivity contribution >= 4 is 44.4 Å². The van der Waals surface area contributed by atoms with Crippen molar-refractivity contribution in [3.8, 4) is 5.88 Å². The van der Waals surface area contributed by atoms with Crippen LogP contribution in [0.1, 0.15) is 92.4 Å². The molecule has 2 amide bonds. The van der Waals surface area contributed by atoms with Gasteiger partial charge in [0.05, 0.1) is 41.1 Å². The zero-order valence-electron chi connectivity index (χ0n) is 33.8. The number of allylic oxidation sites excluding steroid dienone is 2. The summed E-state index contributed by atoms with van der Waals surface area (Å²) in [4.78, 5) is 71.0. The highest BCUT2D eigenvalue weighted by Gasteiger charge is 2.63. The van der Waals surface area contributed by atoms with Crippen molar-refractivity contribution in [3.63, 3.8) is 0 Å². The Kier molecular flexibility index (Phi) is 12.2. The summed E-state index contributed by atoms with van der Waals surface area (Å²) in [6, 6.07) is 5.35. The second-order valence-corrected chi connectivity index (χ2v) is 19.5. The molecule has 6 rings (SSSR count). The first-order valence-electron chi connectivity index (χ1n) is 20.2. The molecule has 4 aliphatic rings. The molecule has 0 spiro atoms. The lowest BCUT2D eigenvalue weighted by Crippen LogP contribution is -2.49. The molecule has 1 aromatic heterocycles. The van der Waals surface area contributed by atoms with Gasteiger partial charge < -0.3 is 14.4 Å². The van der Waals surface area contributed by atoms with Gasteiger partial charge in [0.1, 0.15) is 17.5 Å². The number of aromatic nitrogens is 2. The number of halogens is 4. The molecule has 2 aromatic rings. The number of amides is 2. The number of Topliss-reactive ketones (excluding diaryl/α,β-unsaturated/α-hetero) is 1. The summed E-state index contributed by atoms with van der Waals surface area (Å²) >= 11 is 0. The SMILES string of the molecule is CCn1nc(O[C@@H]2C[C@H]3C(=O)C[C@]4(C(=O)NS(=O)(=O)C5(CF)CC5)C[C@H]4/C=C\CC[C@H](C)C[C@@H](C)[C@H](CC(=O)OC(C)(C)C(F)(F)F)C(=O)N3C2)c2ccccc2c1=O. The molecule has 2 aliphatic heterocycles. The van der Waals surface area contributed by atoms with E-state index in [4.69, 9.17) is 9.47 Å². The maximum absolute atomic E-state index is 14.8. The van der Waals surface area contributed by atoms with E-state index in [0.29, 0.717) is 43.9 Å². The fourth-order valence-corrected chi connectivity index (χ4v) is 9.91. The van der Waals surface area contributed by atoms with E-state index in [0.717, 1.165) is 0 Å². The van der Waals surface area contributed by atoms with Crippen LogP contribution in [0, 0.1) is 29.1 Å². The van der Waals surface area contributed by atoms with E-state index < -0.39 is 105 Å². The van der Waals surface area contributed by atoms with Crippen LogP contribution in [0.3, 0.4) is 0 Å². The lowest BCUT2D eigenvalue weighted by molar-refractivity contribution is -0.257. The van der Waals surface area contributed by atoms with Crippen LogP contribution >= 0.6 is 0 Å². The molecule has 324 valence electrons. The first-order valence-corrected chi connectivity index (χ1v) is 21.6. The summed E-state index contributed by atoms with van der Waals surface area (Å²) in [6.07, 6.45) is -1.80. The highest BCUT2D eigenvalue weighted by Crippen LogP contribution is 2.58. The number of hydrogen-bond donors (Lipinski definition) is 1. The molecule has 3 fully saturated rings. The van der Waals surface area contributed by atoms with Crippen molar-refractivity contribution in [2.75, 3.05) is 13.2 Å². The standard InChI is InChI=1S/C41H52F4N4O9S/c1-6-49-36(53)29-14-10-9-13-28(29)34(46-49)57-27-18-31-32(50)21-40(37(54)47-59(55,56)39(23-42)15-16-39)20-26(40)12-8-7-11-24(2)17-25(3)30(35(52)48(31)22-27)19-33(51)58-38(4,5)41(43,44)45/h8-10,12-14,24-27,30-31H,6-7,11,15-23H2,1-5H3,(H,47,54)/b12-8-/t24-,25+,26+,27+,30-,31-,40+/m0/s1. The van der Waals surface area contributed by atoms with Crippen LogP contribution in [0.4, 0.5) is 17.6 Å². The van der Waals surface area contributed by atoms with Gasteiger partial charge in [0.2, 0.25) is 33.3 Å². The number of esters is 1. The molecule has 0 bridgehead atoms. The molecule has 1 N–H and O–H groups in total. The molecule has 0 radical (unpaired) electrons. The fourth-order valence-electron chi connectivity index (χ4n) is 8.47. The van der Waals surface area contributed by atoms with E-state index in [1.165, 1.54) is 9.58 Å². The third-order valence-corrected chi connectivity index (χ3v) is 14.8. The second kappa shape index (κ2) is 16.3. The number of aryl methyl sites for hydroxylation is 1. The minimum absolute atomic E-state index is 0.0359. The van der Waals surface area contributed by atoms with Gasteiger partial charge in [-0.1, -0.05) is 38.1 Å². The number of benzene rings is 1. The van der Waals surface area contributed by atoms with E-state index >= 15 is 0 Å². The number of carbonyl (C=O) groups excluding carboxylic acids is 4. The lowest BCUT2D eigenvalue weighted by atomic mass is 9.82. The monoisotopic (exact) mass is 852 g/mol. The number of nitrogens with one attached hydrogen (secondary N) is 1. The van der Waals surface area contributed by atoms with Gasteiger partial charge in [0.25, 0.3) is 5.56 Å². The predicted octanol–water partition coefficient (Wildman–Crippen LogP) is 5.58. The Morgan fingerprint density at radius 3 is 2.36 bits per heavy atom. The molecule has 2 aliphatic carbocycles. The molecule has 7 atom stereocenters. The average Bonchev–Trinajstić information content (AvgIpc) is 4.07. The molecule has 1 aromatic carbocycles.